The maximum absolute atomic E-state index is 11.7. The Balaban J connectivity index is 2.35. The third-order valence-corrected chi connectivity index (χ3v) is 4.08. The molecule has 1 fully saturated rings. The third-order valence-electron chi connectivity index (χ3n) is 2.48. The Morgan fingerprint density at radius 1 is 1.38 bits per heavy atom. The molecule has 4 nitrogen and oxygen atoms in total. The van der Waals surface area contributed by atoms with Crippen molar-refractivity contribution in [1.29, 1.82) is 0 Å². The molecular formula is C11H19NO3S. The molecule has 0 saturated carbocycles. The number of nitrogens with zero attached hydrogens (tertiary/aromatic N) is 1. The first kappa shape index (κ1) is 13.4. The van der Waals surface area contributed by atoms with Crippen molar-refractivity contribution < 1.29 is 13.8 Å². The number of hydrogen-bond acceptors (Lipinski definition) is 3. The molecule has 0 spiro atoms. The molecule has 0 aromatic carbocycles. The molecule has 1 aliphatic rings. The highest BCUT2D eigenvalue weighted by atomic mass is 32.2. The lowest BCUT2D eigenvalue weighted by Gasteiger charge is -2.25. The second kappa shape index (κ2) is 6.13. The highest BCUT2D eigenvalue weighted by Crippen LogP contribution is 2.07. The molecule has 16 heavy (non-hydrogen) atoms. The summed E-state index contributed by atoms with van der Waals surface area (Å²) in [6.45, 7) is 4.97. The first-order chi connectivity index (χ1) is 7.49. The van der Waals surface area contributed by atoms with Crippen molar-refractivity contribution in [3.8, 4) is 0 Å². The summed E-state index contributed by atoms with van der Waals surface area (Å²) >= 11 is 0. The Hall–Kier alpha value is -0.710. The van der Waals surface area contributed by atoms with E-state index in [0.717, 1.165) is 0 Å². The van der Waals surface area contributed by atoms with E-state index >= 15 is 0 Å². The summed E-state index contributed by atoms with van der Waals surface area (Å²) in [6.07, 6.45) is 0.894. The quantitative estimate of drug-likeness (QED) is 0.728. The summed E-state index contributed by atoms with van der Waals surface area (Å²) in [5, 5.41) is 0. The predicted molar refractivity (Wildman–Crippen MR) is 63.5 cm³/mol. The van der Waals surface area contributed by atoms with E-state index in [-0.39, 0.29) is 17.4 Å². The van der Waals surface area contributed by atoms with Gasteiger partial charge < -0.3 is 4.90 Å². The van der Waals surface area contributed by atoms with Crippen LogP contribution in [0.1, 0.15) is 26.7 Å². The number of hydrogen-bond donors (Lipinski definition) is 0. The topological polar surface area (TPSA) is 54.5 Å². The number of amides is 1. The standard InChI is InChI=1S/C11H19NO3S/c1-9(2)7-16(15)8-11(14)12-5-3-10(13)4-6-12/h9H,3-8H2,1-2H3. The molecule has 1 saturated heterocycles. The molecule has 0 N–H and O–H groups in total. The van der Waals surface area contributed by atoms with Gasteiger partial charge in [0, 0.05) is 42.5 Å². The van der Waals surface area contributed by atoms with Crippen LogP contribution in [0, 0.1) is 5.92 Å². The largest absolute Gasteiger partial charge is 0.341 e. The Bertz CT molecular complexity index is 292. The van der Waals surface area contributed by atoms with Crippen molar-refractivity contribution in [1.82, 2.24) is 4.90 Å². The van der Waals surface area contributed by atoms with Gasteiger partial charge in [-0.1, -0.05) is 13.8 Å². The summed E-state index contributed by atoms with van der Waals surface area (Å²) in [5.41, 5.74) is 0. The number of likely N-dealkylation sites (tertiary alicyclic amines) is 1. The van der Waals surface area contributed by atoms with Gasteiger partial charge in [-0.25, -0.2) is 0 Å². The van der Waals surface area contributed by atoms with Gasteiger partial charge >= 0.3 is 0 Å². The summed E-state index contributed by atoms with van der Waals surface area (Å²) in [4.78, 5) is 24.4. The van der Waals surface area contributed by atoms with Gasteiger partial charge in [0.15, 0.2) is 0 Å². The molecule has 1 aliphatic heterocycles. The lowest BCUT2D eigenvalue weighted by atomic mass is 10.1. The van der Waals surface area contributed by atoms with Crippen LogP contribution in [-0.4, -0.2) is 45.4 Å². The number of carbonyl (C=O) groups is 2. The zero-order valence-corrected chi connectivity index (χ0v) is 10.7. The molecule has 1 rings (SSSR count). The maximum Gasteiger partial charge on any atom is 0.235 e. The average Bonchev–Trinajstić information content (AvgIpc) is 2.16. The normalized spacial score (nSPS) is 18.9. The Labute approximate surface area is 98.8 Å². The highest BCUT2D eigenvalue weighted by Gasteiger charge is 2.22. The lowest BCUT2D eigenvalue weighted by molar-refractivity contribution is -0.132. The van der Waals surface area contributed by atoms with E-state index in [2.05, 4.69) is 0 Å². The van der Waals surface area contributed by atoms with E-state index in [9.17, 15) is 13.8 Å². The van der Waals surface area contributed by atoms with Crippen LogP contribution >= 0.6 is 0 Å². The van der Waals surface area contributed by atoms with Crippen molar-refractivity contribution in [3.05, 3.63) is 0 Å². The molecule has 1 unspecified atom stereocenters. The Kier molecular flexibility index (Phi) is 5.12. The summed E-state index contributed by atoms with van der Waals surface area (Å²) < 4.78 is 11.6. The molecule has 1 amide bonds. The fourth-order valence-electron chi connectivity index (χ4n) is 1.67. The van der Waals surface area contributed by atoms with E-state index < -0.39 is 10.8 Å². The van der Waals surface area contributed by atoms with E-state index in [1.165, 1.54) is 0 Å². The number of piperidine rings is 1. The van der Waals surface area contributed by atoms with Crippen LogP contribution in [0.4, 0.5) is 0 Å². The minimum atomic E-state index is -1.07. The van der Waals surface area contributed by atoms with Crippen LogP contribution < -0.4 is 0 Å². The SMILES string of the molecule is CC(C)CS(=O)CC(=O)N1CCC(=O)CC1. The highest BCUT2D eigenvalue weighted by molar-refractivity contribution is 7.85. The van der Waals surface area contributed by atoms with Gasteiger partial charge in [0.25, 0.3) is 0 Å². The lowest BCUT2D eigenvalue weighted by Crippen LogP contribution is -2.41. The van der Waals surface area contributed by atoms with Gasteiger partial charge in [-0.05, 0) is 5.92 Å². The van der Waals surface area contributed by atoms with Gasteiger partial charge in [-0.3, -0.25) is 13.8 Å². The fourth-order valence-corrected chi connectivity index (χ4v) is 2.98. The van der Waals surface area contributed by atoms with Gasteiger partial charge in [0.1, 0.15) is 11.5 Å². The minimum absolute atomic E-state index is 0.0773. The van der Waals surface area contributed by atoms with E-state index in [0.29, 0.717) is 37.6 Å². The number of rotatable bonds is 4. The third kappa shape index (κ3) is 4.43. The Morgan fingerprint density at radius 3 is 2.44 bits per heavy atom. The van der Waals surface area contributed by atoms with Gasteiger partial charge in [-0.15, -0.1) is 0 Å². The summed E-state index contributed by atoms with van der Waals surface area (Å²) in [5.74, 6) is 1.15. The molecular weight excluding hydrogens is 226 g/mol. The molecule has 1 heterocycles. The van der Waals surface area contributed by atoms with Gasteiger partial charge in [-0.2, -0.15) is 0 Å². The summed E-state index contributed by atoms with van der Waals surface area (Å²) in [7, 11) is -1.07. The second-order valence-corrected chi connectivity index (χ2v) is 6.07. The van der Waals surface area contributed by atoms with Crippen LogP contribution in [-0.2, 0) is 20.4 Å². The molecule has 0 radical (unpaired) electrons. The van der Waals surface area contributed by atoms with Crippen LogP contribution in [0.2, 0.25) is 0 Å². The zero-order chi connectivity index (χ0) is 12.1. The molecule has 92 valence electrons. The molecule has 0 aromatic heterocycles. The zero-order valence-electron chi connectivity index (χ0n) is 9.90. The van der Waals surface area contributed by atoms with Crippen LogP contribution in [0.15, 0.2) is 0 Å². The van der Waals surface area contributed by atoms with E-state index in [4.69, 9.17) is 0 Å². The van der Waals surface area contributed by atoms with Crippen molar-refractivity contribution in [3.63, 3.8) is 0 Å². The average molecular weight is 245 g/mol. The fraction of sp³-hybridized carbons (Fsp3) is 0.818. The number of Topliss-reactive ketones (excluding diaryl/α,β-unsaturated/α-hetero) is 1. The van der Waals surface area contributed by atoms with Gasteiger partial charge in [0.05, 0.1) is 0 Å². The minimum Gasteiger partial charge on any atom is -0.341 e. The second-order valence-electron chi connectivity index (χ2n) is 4.56. The number of carbonyl (C=O) groups excluding carboxylic acids is 2. The maximum atomic E-state index is 11.7. The predicted octanol–water partition coefficient (Wildman–Crippen LogP) is 0.583. The van der Waals surface area contributed by atoms with Gasteiger partial charge in [0.2, 0.25) is 5.91 Å². The van der Waals surface area contributed by atoms with E-state index in [1.807, 2.05) is 13.8 Å². The van der Waals surface area contributed by atoms with Crippen molar-refractivity contribution >= 4 is 22.5 Å². The first-order valence-electron chi connectivity index (χ1n) is 5.63. The van der Waals surface area contributed by atoms with Crippen LogP contribution in [0.5, 0.6) is 0 Å². The number of ketones is 1. The van der Waals surface area contributed by atoms with Crippen LogP contribution in [0.25, 0.3) is 0 Å². The first-order valence-corrected chi connectivity index (χ1v) is 7.12. The molecule has 0 aromatic rings. The van der Waals surface area contributed by atoms with E-state index in [1.54, 1.807) is 4.90 Å². The monoisotopic (exact) mass is 245 g/mol. The molecule has 0 bridgehead atoms. The Morgan fingerprint density at radius 2 is 1.94 bits per heavy atom. The van der Waals surface area contributed by atoms with Crippen molar-refractivity contribution in [2.75, 3.05) is 24.6 Å². The molecule has 1 atom stereocenters. The van der Waals surface area contributed by atoms with Crippen LogP contribution in [0.3, 0.4) is 0 Å². The molecule has 5 heteroatoms. The smallest absolute Gasteiger partial charge is 0.235 e. The van der Waals surface area contributed by atoms with Crippen molar-refractivity contribution in [2.24, 2.45) is 5.92 Å². The van der Waals surface area contributed by atoms with Crippen molar-refractivity contribution in [2.45, 2.75) is 26.7 Å². The summed E-state index contributed by atoms with van der Waals surface area (Å²) in [6, 6.07) is 0. The molecule has 0 aliphatic carbocycles.